The van der Waals surface area contributed by atoms with E-state index in [1.165, 1.54) is 25.7 Å². The minimum Gasteiger partial charge on any atom is -0.353 e. The van der Waals surface area contributed by atoms with Crippen molar-refractivity contribution >= 4 is 5.91 Å². The Morgan fingerprint density at radius 3 is 2.80 bits per heavy atom. The normalized spacial score (nSPS) is 34.7. The third-order valence-corrected chi connectivity index (χ3v) is 5.12. The van der Waals surface area contributed by atoms with Crippen molar-refractivity contribution in [3.63, 3.8) is 0 Å². The van der Waals surface area contributed by atoms with Crippen molar-refractivity contribution in [2.75, 3.05) is 39.3 Å². The molecule has 0 bridgehead atoms. The number of rotatable bonds is 4. The molecule has 3 unspecified atom stereocenters. The summed E-state index contributed by atoms with van der Waals surface area (Å²) < 4.78 is 0. The van der Waals surface area contributed by atoms with E-state index in [0.29, 0.717) is 6.04 Å². The Bertz CT molecular complexity index is 316. The van der Waals surface area contributed by atoms with Gasteiger partial charge in [0.2, 0.25) is 5.91 Å². The second-order valence-electron chi connectivity index (χ2n) is 6.49. The predicted octanol–water partition coefficient (Wildman–Crippen LogP) is -0.0715. The summed E-state index contributed by atoms with van der Waals surface area (Å²) in [6, 6.07) is 0.666. The van der Waals surface area contributed by atoms with Crippen molar-refractivity contribution in [1.29, 1.82) is 0 Å². The van der Waals surface area contributed by atoms with E-state index >= 15 is 0 Å². The van der Waals surface area contributed by atoms with Gasteiger partial charge < -0.3 is 16.0 Å². The summed E-state index contributed by atoms with van der Waals surface area (Å²) in [5.74, 6) is 0.960. The van der Waals surface area contributed by atoms with Gasteiger partial charge in [-0.3, -0.25) is 9.69 Å². The molecule has 0 spiro atoms. The Balaban J connectivity index is 1.36. The van der Waals surface area contributed by atoms with Crippen LogP contribution in [0.5, 0.6) is 0 Å². The fourth-order valence-corrected chi connectivity index (χ4v) is 3.92. The van der Waals surface area contributed by atoms with Gasteiger partial charge in [0.1, 0.15) is 0 Å². The Kier molecular flexibility index (Phi) is 4.91. The van der Waals surface area contributed by atoms with Gasteiger partial charge in [-0.25, -0.2) is 0 Å². The third kappa shape index (κ3) is 3.51. The zero-order valence-electron chi connectivity index (χ0n) is 12.4. The molecular formula is C15H28N4O. The lowest BCUT2D eigenvalue weighted by Gasteiger charge is -2.27. The average Bonchev–Trinajstić information content (AvgIpc) is 2.92. The fourth-order valence-electron chi connectivity index (χ4n) is 3.92. The van der Waals surface area contributed by atoms with Crippen LogP contribution in [0.15, 0.2) is 0 Å². The van der Waals surface area contributed by atoms with E-state index < -0.39 is 0 Å². The number of carbonyl (C=O) groups is 1. The highest BCUT2D eigenvalue weighted by atomic mass is 16.2. The van der Waals surface area contributed by atoms with Gasteiger partial charge in [0.05, 0.1) is 6.04 Å². The van der Waals surface area contributed by atoms with E-state index in [2.05, 4.69) is 20.9 Å². The van der Waals surface area contributed by atoms with E-state index in [0.717, 1.165) is 51.6 Å². The minimum atomic E-state index is 0.0612. The van der Waals surface area contributed by atoms with Crippen LogP contribution in [-0.4, -0.2) is 62.2 Å². The van der Waals surface area contributed by atoms with Crippen LogP contribution in [0.3, 0.4) is 0 Å². The SMILES string of the molecule is O=C(NCCN1CCNCC1)C1CC2CCCCC2N1. The summed E-state index contributed by atoms with van der Waals surface area (Å²) >= 11 is 0. The van der Waals surface area contributed by atoms with Crippen molar-refractivity contribution in [2.24, 2.45) is 5.92 Å². The van der Waals surface area contributed by atoms with Crippen LogP contribution in [0.4, 0.5) is 0 Å². The number of carbonyl (C=O) groups excluding carboxylic acids is 1. The van der Waals surface area contributed by atoms with Gasteiger partial charge in [-0.1, -0.05) is 12.8 Å². The minimum absolute atomic E-state index is 0.0612. The van der Waals surface area contributed by atoms with Gasteiger partial charge in [0.25, 0.3) is 0 Å². The third-order valence-electron chi connectivity index (χ3n) is 5.12. The highest BCUT2D eigenvalue weighted by Crippen LogP contribution is 2.33. The maximum absolute atomic E-state index is 12.2. The first kappa shape index (κ1) is 14.3. The second kappa shape index (κ2) is 6.87. The number of nitrogens with zero attached hydrogens (tertiary/aromatic N) is 1. The average molecular weight is 280 g/mol. The standard InChI is InChI=1S/C15H28N4O/c20-15(17-7-10-19-8-5-16-6-9-19)14-11-12-3-1-2-4-13(12)18-14/h12-14,16,18H,1-11H2,(H,17,20). The predicted molar refractivity (Wildman–Crippen MR) is 79.6 cm³/mol. The molecule has 20 heavy (non-hydrogen) atoms. The molecule has 3 atom stereocenters. The van der Waals surface area contributed by atoms with Crippen LogP contribution < -0.4 is 16.0 Å². The second-order valence-corrected chi connectivity index (χ2v) is 6.49. The lowest BCUT2D eigenvalue weighted by molar-refractivity contribution is -0.122. The first-order chi connectivity index (χ1) is 9.83. The van der Waals surface area contributed by atoms with Crippen LogP contribution in [0, 0.1) is 5.92 Å². The molecule has 114 valence electrons. The summed E-state index contributed by atoms with van der Waals surface area (Å²) in [6.45, 7) is 6.10. The number of amides is 1. The monoisotopic (exact) mass is 280 g/mol. The van der Waals surface area contributed by atoms with E-state index in [1.807, 2.05) is 0 Å². The Morgan fingerprint density at radius 2 is 2.00 bits per heavy atom. The maximum atomic E-state index is 12.2. The van der Waals surface area contributed by atoms with Crippen LogP contribution >= 0.6 is 0 Å². The number of nitrogens with one attached hydrogen (secondary N) is 3. The quantitative estimate of drug-likeness (QED) is 0.675. The smallest absolute Gasteiger partial charge is 0.237 e. The molecule has 5 heteroatoms. The van der Waals surface area contributed by atoms with E-state index in [1.54, 1.807) is 0 Å². The van der Waals surface area contributed by atoms with Crippen molar-refractivity contribution in [3.05, 3.63) is 0 Å². The lowest BCUT2D eigenvalue weighted by atomic mass is 9.85. The van der Waals surface area contributed by atoms with E-state index in [4.69, 9.17) is 0 Å². The first-order valence-electron chi connectivity index (χ1n) is 8.30. The molecule has 0 aromatic carbocycles. The topological polar surface area (TPSA) is 56.4 Å². The molecule has 3 rings (SSSR count). The van der Waals surface area contributed by atoms with Crippen LogP contribution in [0.1, 0.15) is 32.1 Å². The largest absolute Gasteiger partial charge is 0.353 e. The van der Waals surface area contributed by atoms with Crippen LogP contribution in [0.2, 0.25) is 0 Å². The van der Waals surface area contributed by atoms with Gasteiger partial charge in [0, 0.05) is 45.3 Å². The summed E-state index contributed by atoms with van der Waals surface area (Å²) in [5, 5.41) is 10.0. The summed E-state index contributed by atoms with van der Waals surface area (Å²) in [6.07, 6.45) is 6.28. The molecule has 1 aliphatic carbocycles. The molecule has 1 amide bonds. The highest BCUT2D eigenvalue weighted by molar-refractivity contribution is 5.82. The number of fused-ring (bicyclic) bond motifs is 1. The molecule has 3 aliphatic rings. The molecule has 3 fully saturated rings. The molecular weight excluding hydrogens is 252 g/mol. The van der Waals surface area contributed by atoms with Crippen LogP contribution in [0.25, 0.3) is 0 Å². The molecule has 0 aromatic rings. The van der Waals surface area contributed by atoms with Crippen molar-refractivity contribution in [1.82, 2.24) is 20.9 Å². The molecule has 0 radical (unpaired) electrons. The number of hydrogen-bond acceptors (Lipinski definition) is 4. The molecule has 5 nitrogen and oxygen atoms in total. The van der Waals surface area contributed by atoms with Gasteiger partial charge in [-0.2, -0.15) is 0 Å². The molecule has 0 aromatic heterocycles. The molecule has 1 saturated carbocycles. The van der Waals surface area contributed by atoms with Crippen molar-refractivity contribution < 1.29 is 4.79 Å². The van der Waals surface area contributed by atoms with Crippen molar-refractivity contribution in [2.45, 2.75) is 44.2 Å². The van der Waals surface area contributed by atoms with Gasteiger partial charge in [-0.15, -0.1) is 0 Å². The number of piperazine rings is 1. The summed E-state index contributed by atoms with van der Waals surface area (Å²) in [7, 11) is 0. The highest BCUT2D eigenvalue weighted by Gasteiger charge is 2.37. The van der Waals surface area contributed by atoms with Gasteiger partial charge in [-0.05, 0) is 25.2 Å². The van der Waals surface area contributed by atoms with E-state index in [9.17, 15) is 4.79 Å². The molecule has 2 aliphatic heterocycles. The fraction of sp³-hybridized carbons (Fsp3) is 0.933. The summed E-state index contributed by atoms with van der Waals surface area (Å²) in [5.41, 5.74) is 0. The zero-order chi connectivity index (χ0) is 13.8. The van der Waals surface area contributed by atoms with Gasteiger partial charge in [0.15, 0.2) is 0 Å². The summed E-state index contributed by atoms with van der Waals surface area (Å²) in [4.78, 5) is 14.6. The zero-order valence-corrected chi connectivity index (χ0v) is 12.4. The first-order valence-corrected chi connectivity index (χ1v) is 8.30. The molecule has 2 saturated heterocycles. The molecule has 3 N–H and O–H groups in total. The Hall–Kier alpha value is -0.650. The van der Waals surface area contributed by atoms with E-state index in [-0.39, 0.29) is 11.9 Å². The number of hydrogen-bond donors (Lipinski definition) is 3. The Labute approximate surface area is 121 Å². The molecule has 2 heterocycles. The van der Waals surface area contributed by atoms with Crippen molar-refractivity contribution in [3.8, 4) is 0 Å². The maximum Gasteiger partial charge on any atom is 0.237 e. The van der Waals surface area contributed by atoms with Crippen LogP contribution in [-0.2, 0) is 4.79 Å². The lowest BCUT2D eigenvalue weighted by Crippen LogP contribution is -2.48. The van der Waals surface area contributed by atoms with Gasteiger partial charge >= 0.3 is 0 Å². The Morgan fingerprint density at radius 1 is 1.20 bits per heavy atom.